The summed E-state index contributed by atoms with van der Waals surface area (Å²) in [6, 6.07) is 24.5. The molecule has 2 nitrogen and oxygen atoms in total. The predicted octanol–water partition coefficient (Wildman–Crippen LogP) is 6.03. The third kappa shape index (κ3) is 4.28. The first-order valence-electron chi connectivity index (χ1n) is 8.64. The van der Waals surface area contributed by atoms with Crippen molar-refractivity contribution in [2.24, 2.45) is 0 Å². The van der Waals surface area contributed by atoms with Gasteiger partial charge < -0.3 is 4.74 Å². The maximum absolute atomic E-state index is 9.55. The number of nitrogens with zero attached hydrogens (tertiary/aromatic N) is 1. The highest BCUT2D eigenvalue weighted by Gasteiger charge is 2.03. The van der Waals surface area contributed by atoms with Crippen LogP contribution >= 0.6 is 0 Å². The van der Waals surface area contributed by atoms with Crippen LogP contribution in [0.2, 0.25) is 0 Å². The topological polar surface area (TPSA) is 33.0 Å². The van der Waals surface area contributed by atoms with Crippen LogP contribution < -0.4 is 4.74 Å². The molecule has 0 N–H and O–H groups in total. The van der Waals surface area contributed by atoms with Crippen LogP contribution in [0.25, 0.3) is 22.8 Å². The SMILES string of the molecule is CCCCOc1ccc(C(C#N)=Cc2ccc3cccc-3cc2)cc1. The molecule has 0 atom stereocenters. The fourth-order valence-corrected chi connectivity index (χ4v) is 2.69. The zero-order valence-electron chi connectivity index (χ0n) is 14.4. The fourth-order valence-electron chi connectivity index (χ4n) is 2.69. The number of unbranched alkanes of at least 4 members (excludes halogenated alkanes) is 1. The van der Waals surface area contributed by atoms with E-state index in [0.717, 1.165) is 36.3 Å². The first kappa shape index (κ1) is 16.8. The second-order valence-corrected chi connectivity index (χ2v) is 6.00. The second kappa shape index (κ2) is 8.17. The Morgan fingerprint density at radius 2 is 1.64 bits per heavy atom. The standard InChI is InChI=1S/C23H21NO/c1-2-3-15-25-23-13-11-21(12-14-23)22(17-24)16-18-7-9-19-5-4-6-20(19)10-8-18/h4-14,16H,2-3,15H2,1H3. The predicted molar refractivity (Wildman–Crippen MR) is 103 cm³/mol. The smallest absolute Gasteiger partial charge is 0.119 e. The van der Waals surface area contributed by atoms with Crippen LogP contribution in [0.4, 0.5) is 0 Å². The fraction of sp³-hybridized carbons (Fsp3) is 0.174. The van der Waals surface area contributed by atoms with Gasteiger partial charge in [-0.2, -0.15) is 5.26 Å². The highest BCUT2D eigenvalue weighted by atomic mass is 16.5. The van der Waals surface area contributed by atoms with E-state index in [2.05, 4.69) is 37.3 Å². The van der Waals surface area contributed by atoms with Crippen molar-refractivity contribution in [1.29, 1.82) is 5.26 Å². The molecular weight excluding hydrogens is 306 g/mol. The van der Waals surface area contributed by atoms with E-state index < -0.39 is 0 Å². The van der Waals surface area contributed by atoms with Crippen molar-refractivity contribution in [3.05, 3.63) is 77.9 Å². The first-order valence-corrected chi connectivity index (χ1v) is 8.64. The molecule has 25 heavy (non-hydrogen) atoms. The molecule has 1 aromatic rings. The van der Waals surface area contributed by atoms with Gasteiger partial charge in [0.25, 0.3) is 0 Å². The van der Waals surface area contributed by atoms with Crippen molar-refractivity contribution in [2.75, 3.05) is 6.61 Å². The summed E-state index contributed by atoms with van der Waals surface area (Å²) >= 11 is 0. The molecule has 0 aliphatic heterocycles. The molecule has 2 aliphatic rings. The molecule has 2 heteroatoms. The van der Waals surface area contributed by atoms with Crippen LogP contribution in [0.3, 0.4) is 0 Å². The molecule has 0 bridgehead atoms. The molecule has 0 unspecified atom stereocenters. The largest absolute Gasteiger partial charge is 0.494 e. The quantitative estimate of drug-likeness (QED) is 0.409. The molecule has 0 amide bonds. The Labute approximate surface area is 149 Å². The van der Waals surface area contributed by atoms with Crippen molar-refractivity contribution in [3.63, 3.8) is 0 Å². The summed E-state index contributed by atoms with van der Waals surface area (Å²) in [5.74, 6) is 0.847. The molecule has 0 fully saturated rings. The lowest BCUT2D eigenvalue weighted by molar-refractivity contribution is 0.309. The summed E-state index contributed by atoms with van der Waals surface area (Å²) < 4.78 is 5.68. The van der Waals surface area contributed by atoms with Gasteiger partial charge in [-0.25, -0.2) is 0 Å². The number of nitriles is 1. The van der Waals surface area contributed by atoms with Crippen LogP contribution in [0.5, 0.6) is 5.75 Å². The van der Waals surface area contributed by atoms with Crippen molar-refractivity contribution >= 4 is 11.6 Å². The summed E-state index contributed by atoms with van der Waals surface area (Å²) in [4.78, 5) is 0. The molecule has 0 heterocycles. The zero-order valence-corrected chi connectivity index (χ0v) is 14.4. The van der Waals surface area contributed by atoms with E-state index in [1.807, 2.05) is 48.5 Å². The summed E-state index contributed by atoms with van der Waals surface area (Å²) in [7, 11) is 0. The van der Waals surface area contributed by atoms with Gasteiger partial charge in [0, 0.05) is 0 Å². The van der Waals surface area contributed by atoms with Crippen LogP contribution in [0, 0.1) is 11.3 Å². The maximum Gasteiger partial charge on any atom is 0.119 e. The first-order chi connectivity index (χ1) is 12.3. The van der Waals surface area contributed by atoms with Gasteiger partial charge in [-0.05, 0) is 59.0 Å². The number of allylic oxidation sites excluding steroid dienone is 1. The number of hydrogen-bond donors (Lipinski definition) is 0. The Kier molecular flexibility index (Phi) is 5.49. The third-order valence-corrected chi connectivity index (χ3v) is 4.16. The van der Waals surface area contributed by atoms with E-state index in [9.17, 15) is 5.26 Å². The summed E-state index contributed by atoms with van der Waals surface area (Å²) in [6.07, 6.45) is 4.09. The van der Waals surface area contributed by atoms with Gasteiger partial charge in [-0.1, -0.05) is 55.8 Å². The number of benzene rings is 1. The van der Waals surface area contributed by atoms with Crippen molar-refractivity contribution in [2.45, 2.75) is 19.8 Å². The molecule has 0 aromatic heterocycles. The van der Waals surface area contributed by atoms with Crippen molar-refractivity contribution < 1.29 is 4.74 Å². The molecule has 1 aromatic carbocycles. The third-order valence-electron chi connectivity index (χ3n) is 4.16. The number of rotatable bonds is 6. The summed E-state index contributed by atoms with van der Waals surface area (Å²) in [5.41, 5.74) is 4.95. The molecule has 0 spiro atoms. The minimum atomic E-state index is 0.644. The molecular formula is C23H21NO. The Morgan fingerprint density at radius 1 is 0.960 bits per heavy atom. The summed E-state index contributed by atoms with van der Waals surface area (Å²) in [5, 5.41) is 9.55. The number of hydrogen-bond acceptors (Lipinski definition) is 2. The Bertz CT molecular complexity index is 840. The van der Waals surface area contributed by atoms with Crippen LogP contribution in [0.15, 0.2) is 66.7 Å². The van der Waals surface area contributed by atoms with Gasteiger partial charge in [-0.15, -0.1) is 0 Å². The molecule has 0 saturated heterocycles. The van der Waals surface area contributed by atoms with Gasteiger partial charge in [0.05, 0.1) is 18.2 Å². The molecule has 2 aliphatic carbocycles. The van der Waals surface area contributed by atoms with Crippen LogP contribution in [0.1, 0.15) is 30.9 Å². The molecule has 124 valence electrons. The zero-order chi connectivity index (χ0) is 17.5. The van der Waals surface area contributed by atoms with E-state index in [1.54, 1.807) is 0 Å². The van der Waals surface area contributed by atoms with E-state index >= 15 is 0 Å². The van der Waals surface area contributed by atoms with Gasteiger partial charge in [-0.3, -0.25) is 0 Å². The monoisotopic (exact) mass is 327 g/mol. The maximum atomic E-state index is 9.55. The van der Waals surface area contributed by atoms with Gasteiger partial charge >= 0.3 is 0 Å². The lowest BCUT2D eigenvalue weighted by Crippen LogP contribution is -1.96. The van der Waals surface area contributed by atoms with E-state index in [1.165, 1.54) is 11.1 Å². The number of fused-ring (bicyclic) bond motifs is 1. The van der Waals surface area contributed by atoms with Crippen LogP contribution in [-0.2, 0) is 0 Å². The second-order valence-electron chi connectivity index (χ2n) is 6.00. The Balaban J connectivity index is 1.82. The van der Waals surface area contributed by atoms with Crippen LogP contribution in [-0.4, -0.2) is 6.61 Å². The van der Waals surface area contributed by atoms with E-state index in [0.29, 0.717) is 5.57 Å². The van der Waals surface area contributed by atoms with Gasteiger partial charge in [0.1, 0.15) is 5.75 Å². The average Bonchev–Trinajstić information content (AvgIpc) is 3.01. The normalized spacial score (nSPS) is 11.3. The lowest BCUT2D eigenvalue weighted by Gasteiger charge is -2.06. The Hall–Kier alpha value is -3.05. The minimum absolute atomic E-state index is 0.644. The van der Waals surface area contributed by atoms with Gasteiger partial charge in [0.15, 0.2) is 0 Å². The number of ether oxygens (including phenoxy) is 1. The van der Waals surface area contributed by atoms with Gasteiger partial charge in [0.2, 0.25) is 0 Å². The molecule has 3 rings (SSSR count). The molecule has 0 saturated carbocycles. The molecule has 0 radical (unpaired) electrons. The van der Waals surface area contributed by atoms with Crippen molar-refractivity contribution in [3.8, 4) is 22.9 Å². The lowest BCUT2D eigenvalue weighted by atomic mass is 10.0. The minimum Gasteiger partial charge on any atom is -0.494 e. The highest BCUT2D eigenvalue weighted by Crippen LogP contribution is 2.24. The van der Waals surface area contributed by atoms with E-state index in [4.69, 9.17) is 4.74 Å². The highest BCUT2D eigenvalue weighted by molar-refractivity contribution is 5.89. The Morgan fingerprint density at radius 3 is 2.24 bits per heavy atom. The summed E-state index contributed by atoms with van der Waals surface area (Å²) in [6.45, 7) is 2.87. The average molecular weight is 327 g/mol. The van der Waals surface area contributed by atoms with Crippen molar-refractivity contribution in [1.82, 2.24) is 0 Å². The van der Waals surface area contributed by atoms with E-state index in [-0.39, 0.29) is 0 Å².